The van der Waals surface area contributed by atoms with Gasteiger partial charge in [-0.2, -0.15) is 17.0 Å². The lowest BCUT2D eigenvalue weighted by molar-refractivity contribution is -0.142. The first kappa shape index (κ1) is 18.3. The van der Waals surface area contributed by atoms with E-state index in [-0.39, 0.29) is 0 Å². The van der Waals surface area contributed by atoms with Gasteiger partial charge in [-0.25, -0.2) is 0 Å². The highest BCUT2D eigenvalue weighted by Crippen LogP contribution is 2.21. The molecular weight excluding hydrogens is 294 g/mol. The van der Waals surface area contributed by atoms with Crippen LogP contribution < -0.4 is 0 Å². The van der Waals surface area contributed by atoms with Crippen molar-refractivity contribution in [3.63, 3.8) is 0 Å². The van der Waals surface area contributed by atoms with E-state index >= 15 is 0 Å². The normalized spacial score (nSPS) is 18.5. The van der Waals surface area contributed by atoms with Crippen LogP contribution in [0.5, 0.6) is 0 Å². The summed E-state index contributed by atoms with van der Waals surface area (Å²) in [5.74, 6) is -1.25. The summed E-state index contributed by atoms with van der Waals surface area (Å²) in [5.41, 5.74) is 0. The van der Waals surface area contributed by atoms with Gasteiger partial charge in [-0.15, -0.1) is 0 Å². The van der Waals surface area contributed by atoms with Gasteiger partial charge in [0.25, 0.3) is 10.2 Å². The first-order valence-corrected chi connectivity index (χ1v) is 8.81. The highest BCUT2D eigenvalue weighted by Gasteiger charge is 2.34. The van der Waals surface area contributed by atoms with E-state index in [9.17, 15) is 13.2 Å². The fourth-order valence-electron chi connectivity index (χ4n) is 2.40. The second-order valence-corrected chi connectivity index (χ2v) is 7.65. The third kappa shape index (κ3) is 5.21. The van der Waals surface area contributed by atoms with Crippen LogP contribution >= 0.6 is 0 Å². The van der Waals surface area contributed by atoms with E-state index in [0.717, 1.165) is 6.42 Å². The van der Waals surface area contributed by atoms with Gasteiger partial charge in [0.15, 0.2) is 0 Å². The van der Waals surface area contributed by atoms with Gasteiger partial charge in [-0.3, -0.25) is 4.79 Å². The minimum absolute atomic E-state index is 0.293. The summed E-state index contributed by atoms with van der Waals surface area (Å²) < 4.78 is 28.2. The Kier molecular flexibility index (Phi) is 7.05. The number of hydrogen-bond acceptors (Lipinski definition) is 4. The molecule has 1 N–H and O–H groups in total. The van der Waals surface area contributed by atoms with E-state index in [1.807, 2.05) is 25.9 Å². The maximum atomic E-state index is 12.7. The topological polar surface area (TPSA) is 81.2 Å². The molecule has 0 spiro atoms. The van der Waals surface area contributed by atoms with Crippen molar-refractivity contribution < 1.29 is 18.3 Å². The van der Waals surface area contributed by atoms with Crippen molar-refractivity contribution in [1.29, 1.82) is 0 Å². The SMILES string of the molecule is CCCN(CCN(C)C)S(=O)(=O)N1CCC(C(=O)O)CC1. The molecule has 1 fully saturated rings. The minimum Gasteiger partial charge on any atom is -0.481 e. The highest BCUT2D eigenvalue weighted by atomic mass is 32.2. The molecule has 1 rings (SSSR count). The second-order valence-electron chi connectivity index (χ2n) is 5.72. The molecule has 1 aliphatic heterocycles. The standard InChI is InChI=1S/C13H27N3O4S/c1-4-7-15(11-10-14(2)3)21(19,20)16-8-5-12(6-9-16)13(17)18/h12H,4-11H2,1-3H3,(H,17,18). The number of rotatable bonds is 8. The molecule has 0 amide bonds. The van der Waals surface area contributed by atoms with Crippen molar-refractivity contribution in [1.82, 2.24) is 13.5 Å². The van der Waals surface area contributed by atoms with E-state index in [0.29, 0.717) is 45.6 Å². The molecule has 1 heterocycles. The third-order valence-corrected chi connectivity index (χ3v) is 5.76. The molecule has 7 nitrogen and oxygen atoms in total. The number of hydrogen-bond donors (Lipinski definition) is 1. The van der Waals surface area contributed by atoms with Crippen LogP contribution in [0.3, 0.4) is 0 Å². The average molecular weight is 321 g/mol. The van der Waals surface area contributed by atoms with E-state index in [1.54, 1.807) is 0 Å². The van der Waals surface area contributed by atoms with Crippen LogP contribution in [0.2, 0.25) is 0 Å². The van der Waals surface area contributed by atoms with Gasteiger partial charge < -0.3 is 10.0 Å². The third-order valence-electron chi connectivity index (χ3n) is 3.73. The van der Waals surface area contributed by atoms with E-state index < -0.39 is 22.1 Å². The highest BCUT2D eigenvalue weighted by molar-refractivity contribution is 7.86. The fourth-order valence-corrected chi connectivity index (χ4v) is 4.12. The zero-order chi connectivity index (χ0) is 16.0. The molecule has 1 saturated heterocycles. The van der Waals surface area contributed by atoms with Gasteiger partial charge in [0.05, 0.1) is 5.92 Å². The summed E-state index contributed by atoms with van der Waals surface area (Å²) in [6, 6.07) is 0. The zero-order valence-electron chi connectivity index (χ0n) is 13.2. The van der Waals surface area contributed by atoms with Gasteiger partial charge in [0.2, 0.25) is 0 Å². The molecule has 0 aromatic carbocycles. The van der Waals surface area contributed by atoms with Crippen molar-refractivity contribution in [2.45, 2.75) is 26.2 Å². The molecule has 124 valence electrons. The predicted octanol–water partition coefficient (Wildman–Crippen LogP) is 0.301. The Labute approximate surface area is 127 Å². The monoisotopic (exact) mass is 321 g/mol. The maximum absolute atomic E-state index is 12.7. The van der Waals surface area contributed by atoms with Crippen LogP contribution in [0.15, 0.2) is 0 Å². The summed E-state index contributed by atoms with van der Waals surface area (Å²) in [6.07, 6.45) is 1.54. The molecule has 8 heteroatoms. The Morgan fingerprint density at radius 2 is 1.76 bits per heavy atom. The molecule has 0 radical (unpaired) electrons. The molecule has 0 atom stereocenters. The van der Waals surface area contributed by atoms with Crippen LogP contribution in [0.1, 0.15) is 26.2 Å². The number of carboxylic acid groups (broad SMARTS) is 1. The Morgan fingerprint density at radius 3 is 2.19 bits per heavy atom. The lowest BCUT2D eigenvalue weighted by Gasteiger charge is -2.34. The summed E-state index contributed by atoms with van der Waals surface area (Å²) in [4.78, 5) is 12.9. The van der Waals surface area contributed by atoms with Crippen LogP contribution in [0.4, 0.5) is 0 Å². The smallest absolute Gasteiger partial charge is 0.306 e. The van der Waals surface area contributed by atoms with Gasteiger partial charge in [0, 0.05) is 32.7 Å². The van der Waals surface area contributed by atoms with Gasteiger partial charge in [-0.05, 0) is 33.4 Å². The minimum atomic E-state index is -3.48. The van der Waals surface area contributed by atoms with Gasteiger partial charge in [0.1, 0.15) is 0 Å². The number of carboxylic acids is 1. The Morgan fingerprint density at radius 1 is 1.19 bits per heavy atom. The quantitative estimate of drug-likeness (QED) is 0.695. The fraction of sp³-hybridized carbons (Fsp3) is 0.923. The first-order valence-electron chi connectivity index (χ1n) is 7.41. The van der Waals surface area contributed by atoms with Crippen LogP contribution in [-0.4, -0.2) is 79.8 Å². The molecule has 0 aliphatic carbocycles. The Bertz CT molecular complexity index is 431. The van der Waals surface area contributed by atoms with E-state index in [2.05, 4.69) is 0 Å². The number of nitrogens with zero attached hydrogens (tertiary/aromatic N) is 3. The zero-order valence-corrected chi connectivity index (χ0v) is 14.0. The van der Waals surface area contributed by atoms with Crippen LogP contribution in [-0.2, 0) is 15.0 Å². The second kappa shape index (κ2) is 8.07. The van der Waals surface area contributed by atoms with Crippen molar-refractivity contribution in [2.75, 3.05) is 46.8 Å². The van der Waals surface area contributed by atoms with Crippen molar-refractivity contribution in [2.24, 2.45) is 5.92 Å². The van der Waals surface area contributed by atoms with Crippen LogP contribution in [0.25, 0.3) is 0 Å². The Balaban J connectivity index is 2.70. The number of aliphatic carboxylic acids is 1. The average Bonchev–Trinajstić information content (AvgIpc) is 2.43. The molecule has 0 unspecified atom stereocenters. The van der Waals surface area contributed by atoms with Gasteiger partial charge in [-0.1, -0.05) is 6.92 Å². The summed E-state index contributed by atoms with van der Waals surface area (Å²) in [7, 11) is 0.340. The maximum Gasteiger partial charge on any atom is 0.306 e. The predicted molar refractivity (Wildman–Crippen MR) is 81.3 cm³/mol. The lowest BCUT2D eigenvalue weighted by Crippen LogP contribution is -2.49. The molecule has 1 aliphatic rings. The summed E-state index contributed by atoms with van der Waals surface area (Å²) in [6.45, 7) is 4.17. The van der Waals surface area contributed by atoms with Crippen molar-refractivity contribution in [3.8, 4) is 0 Å². The van der Waals surface area contributed by atoms with Crippen LogP contribution in [0, 0.1) is 5.92 Å². The number of piperidine rings is 1. The molecular formula is C13H27N3O4S. The lowest BCUT2D eigenvalue weighted by atomic mass is 9.99. The largest absolute Gasteiger partial charge is 0.481 e. The molecule has 0 aromatic rings. The number of carbonyl (C=O) groups is 1. The molecule has 0 saturated carbocycles. The van der Waals surface area contributed by atoms with E-state index in [1.165, 1.54) is 8.61 Å². The molecule has 21 heavy (non-hydrogen) atoms. The molecule has 0 aromatic heterocycles. The molecule has 0 bridgehead atoms. The number of likely N-dealkylation sites (N-methyl/N-ethyl adjacent to an activating group) is 1. The Hall–Kier alpha value is -0.700. The summed E-state index contributed by atoms with van der Waals surface area (Å²) in [5, 5.41) is 8.98. The summed E-state index contributed by atoms with van der Waals surface area (Å²) >= 11 is 0. The first-order chi connectivity index (χ1) is 9.78. The van der Waals surface area contributed by atoms with E-state index in [4.69, 9.17) is 5.11 Å². The van der Waals surface area contributed by atoms with Gasteiger partial charge >= 0.3 is 5.97 Å². The van der Waals surface area contributed by atoms with Crippen molar-refractivity contribution >= 4 is 16.2 Å². The van der Waals surface area contributed by atoms with Crippen molar-refractivity contribution in [3.05, 3.63) is 0 Å².